The van der Waals surface area contributed by atoms with E-state index in [1.165, 1.54) is 12.1 Å². The normalized spacial score (nSPS) is 12.8. The summed E-state index contributed by atoms with van der Waals surface area (Å²) < 4.78 is 13.2. The van der Waals surface area contributed by atoms with E-state index in [9.17, 15) is 9.50 Å². The highest BCUT2D eigenvalue weighted by molar-refractivity contribution is 5.83. The van der Waals surface area contributed by atoms with Crippen molar-refractivity contribution in [1.82, 2.24) is 9.97 Å². The first kappa shape index (κ1) is 13.0. The molecule has 4 aromatic rings. The van der Waals surface area contributed by atoms with Gasteiger partial charge in [0.2, 0.25) is 0 Å². The summed E-state index contributed by atoms with van der Waals surface area (Å²) in [5.74, 6) is 0.0710. The van der Waals surface area contributed by atoms with Crippen molar-refractivity contribution < 1.29 is 9.50 Å². The molecule has 1 atom stereocenters. The molecule has 3 aromatic carbocycles. The summed E-state index contributed by atoms with van der Waals surface area (Å²) in [4.78, 5) is 7.33. The summed E-state index contributed by atoms with van der Waals surface area (Å²) in [6.07, 6.45) is -0.875. The number of H-pyrrole nitrogens is 1. The van der Waals surface area contributed by atoms with Gasteiger partial charge in [0, 0.05) is 6.07 Å². The average molecular weight is 292 g/mol. The first-order chi connectivity index (χ1) is 10.7. The van der Waals surface area contributed by atoms with Gasteiger partial charge < -0.3 is 10.1 Å². The molecule has 1 heterocycles. The number of aliphatic hydroxyl groups is 1. The van der Waals surface area contributed by atoms with E-state index in [4.69, 9.17) is 0 Å². The number of nitrogens with one attached hydrogen (secondary N) is 1. The zero-order valence-electron chi connectivity index (χ0n) is 11.6. The van der Waals surface area contributed by atoms with Gasteiger partial charge in [-0.3, -0.25) is 0 Å². The lowest BCUT2D eigenvalue weighted by atomic mass is 10.0. The third-order valence-electron chi connectivity index (χ3n) is 3.81. The molecule has 0 radical (unpaired) electrons. The van der Waals surface area contributed by atoms with E-state index in [0.29, 0.717) is 16.9 Å². The van der Waals surface area contributed by atoms with Crippen LogP contribution in [0, 0.1) is 5.82 Å². The van der Waals surface area contributed by atoms with E-state index in [0.717, 1.165) is 16.3 Å². The molecule has 1 unspecified atom stereocenters. The number of nitrogens with zero attached hydrogens (tertiary/aromatic N) is 1. The smallest absolute Gasteiger partial charge is 0.140 e. The fourth-order valence-electron chi connectivity index (χ4n) is 2.66. The van der Waals surface area contributed by atoms with E-state index < -0.39 is 6.10 Å². The Balaban J connectivity index is 1.78. The zero-order chi connectivity index (χ0) is 15.1. The molecule has 0 amide bonds. The lowest BCUT2D eigenvalue weighted by molar-refractivity contribution is 0.211. The molecule has 4 rings (SSSR count). The van der Waals surface area contributed by atoms with Crippen molar-refractivity contribution in [3.05, 3.63) is 77.9 Å². The van der Waals surface area contributed by atoms with E-state index in [2.05, 4.69) is 9.97 Å². The summed E-state index contributed by atoms with van der Waals surface area (Å²) >= 11 is 0. The average Bonchev–Trinajstić information content (AvgIpc) is 2.96. The van der Waals surface area contributed by atoms with Crippen LogP contribution in [-0.4, -0.2) is 15.1 Å². The maximum absolute atomic E-state index is 13.2. The number of imidazole rings is 1. The lowest BCUT2D eigenvalue weighted by Crippen LogP contribution is -2.01. The monoisotopic (exact) mass is 292 g/mol. The Hall–Kier alpha value is -2.72. The van der Waals surface area contributed by atoms with Gasteiger partial charge in [-0.25, -0.2) is 9.37 Å². The molecule has 0 saturated carbocycles. The predicted molar refractivity (Wildman–Crippen MR) is 84.1 cm³/mol. The number of hydrogen-bond acceptors (Lipinski definition) is 2. The third kappa shape index (κ3) is 2.14. The van der Waals surface area contributed by atoms with E-state index in [1.54, 1.807) is 6.07 Å². The van der Waals surface area contributed by atoms with Crippen LogP contribution in [0.25, 0.3) is 21.8 Å². The minimum atomic E-state index is -0.875. The fourth-order valence-corrected chi connectivity index (χ4v) is 2.66. The number of halogens is 1. The Morgan fingerprint density at radius 2 is 1.77 bits per heavy atom. The first-order valence-corrected chi connectivity index (χ1v) is 7.03. The van der Waals surface area contributed by atoms with Gasteiger partial charge in [-0.1, -0.05) is 36.4 Å². The summed E-state index contributed by atoms with van der Waals surface area (Å²) in [7, 11) is 0. The van der Waals surface area contributed by atoms with Gasteiger partial charge in [-0.2, -0.15) is 0 Å². The quantitative estimate of drug-likeness (QED) is 0.588. The van der Waals surface area contributed by atoms with Crippen molar-refractivity contribution in [3.8, 4) is 0 Å². The van der Waals surface area contributed by atoms with Crippen molar-refractivity contribution in [2.45, 2.75) is 6.10 Å². The summed E-state index contributed by atoms with van der Waals surface area (Å²) in [5.41, 5.74) is 1.96. The number of aliphatic hydroxyl groups excluding tert-OH is 1. The highest BCUT2D eigenvalue weighted by Crippen LogP contribution is 2.25. The molecule has 0 saturated heterocycles. The number of benzene rings is 3. The third-order valence-corrected chi connectivity index (χ3v) is 3.81. The van der Waals surface area contributed by atoms with Gasteiger partial charge in [-0.05, 0) is 34.5 Å². The molecule has 0 aliphatic rings. The Morgan fingerprint density at radius 1 is 0.955 bits per heavy atom. The van der Waals surface area contributed by atoms with Crippen LogP contribution in [0.1, 0.15) is 17.5 Å². The molecule has 4 heteroatoms. The molecular weight excluding hydrogens is 279 g/mol. The second-order valence-corrected chi connectivity index (χ2v) is 5.29. The van der Waals surface area contributed by atoms with Crippen molar-refractivity contribution >= 4 is 21.8 Å². The molecule has 2 N–H and O–H groups in total. The molecule has 3 nitrogen and oxygen atoms in total. The van der Waals surface area contributed by atoms with Gasteiger partial charge in [0.1, 0.15) is 17.7 Å². The molecule has 0 spiro atoms. The van der Waals surface area contributed by atoms with Crippen LogP contribution in [0.5, 0.6) is 0 Å². The van der Waals surface area contributed by atoms with Crippen LogP contribution in [-0.2, 0) is 0 Å². The van der Waals surface area contributed by atoms with Gasteiger partial charge in [-0.15, -0.1) is 0 Å². The molecule has 108 valence electrons. The van der Waals surface area contributed by atoms with Crippen LogP contribution in [0.15, 0.2) is 60.7 Å². The molecular formula is C18H13FN2O. The van der Waals surface area contributed by atoms with Crippen molar-refractivity contribution in [1.29, 1.82) is 0 Å². The Kier molecular flexibility index (Phi) is 2.91. The van der Waals surface area contributed by atoms with Gasteiger partial charge in [0.15, 0.2) is 0 Å². The standard InChI is InChI=1S/C18H13FN2O/c19-14-7-8-15-16(10-14)21-18(20-15)17(22)13-6-5-11-3-1-2-4-12(11)9-13/h1-10,17,22H,(H,20,21). The Labute approximate surface area is 126 Å². The molecule has 22 heavy (non-hydrogen) atoms. The second-order valence-electron chi connectivity index (χ2n) is 5.29. The Morgan fingerprint density at radius 3 is 2.64 bits per heavy atom. The zero-order valence-corrected chi connectivity index (χ0v) is 11.6. The van der Waals surface area contributed by atoms with Crippen LogP contribution in [0.3, 0.4) is 0 Å². The van der Waals surface area contributed by atoms with Crippen LogP contribution in [0.4, 0.5) is 4.39 Å². The van der Waals surface area contributed by atoms with Crippen LogP contribution >= 0.6 is 0 Å². The number of rotatable bonds is 2. The topological polar surface area (TPSA) is 48.9 Å². The summed E-state index contributed by atoms with van der Waals surface area (Å²) in [6.45, 7) is 0. The number of aromatic amines is 1. The molecule has 0 aliphatic heterocycles. The number of hydrogen-bond donors (Lipinski definition) is 2. The summed E-state index contributed by atoms with van der Waals surface area (Å²) in [5, 5.41) is 12.7. The van der Waals surface area contributed by atoms with Gasteiger partial charge in [0.05, 0.1) is 11.0 Å². The van der Waals surface area contributed by atoms with Crippen molar-refractivity contribution in [2.75, 3.05) is 0 Å². The molecule has 0 bridgehead atoms. The lowest BCUT2D eigenvalue weighted by Gasteiger charge is -2.09. The fraction of sp³-hybridized carbons (Fsp3) is 0.0556. The predicted octanol–water partition coefficient (Wildman–Crippen LogP) is 3.94. The SMILES string of the molecule is OC(c1ccc2ccccc2c1)c1nc2cc(F)ccc2[nH]1. The van der Waals surface area contributed by atoms with Crippen LogP contribution < -0.4 is 0 Å². The largest absolute Gasteiger partial charge is 0.380 e. The maximum atomic E-state index is 13.2. The second kappa shape index (κ2) is 4.93. The van der Waals surface area contributed by atoms with Crippen molar-refractivity contribution in [3.63, 3.8) is 0 Å². The highest BCUT2D eigenvalue weighted by atomic mass is 19.1. The minimum Gasteiger partial charge on any atom is -0.380 e. The number of aromatic nitrogens is 2. The van der Waals surface area contributed by atoms with Crippen LogP contribution in [0.2, 0.25) is 0 Å². The van der Waals surface area contributed by atoms with Gasteiger partial charge in [0.25, 0.3) is 0 Å². The summed E-state index contributed by atoms with van der Waals surface area (Å²) in [6, 6.07) is 18.1. The number of fused-ring (bicyclic) bond motifs is 2. The Bertz CT molecular complexity index is 977. The minimum absolute atomic E-state index is 0.342. The van der Waals surface area contributed by atoms with E-state index in [1.807, 2.05) is 42.5 Å². The van der Waals surface area contributed by atoms with Crippen molar-refractivity contribution in [2.24, 2.45) is 0 Å². The van der Waals surface area contributed by atoms with Gasteiger partial charge >= 0.3 is 0 Å². The first-order valence-electron chi connectivity index (χ1n) is 7.03. The van der Waals surface area contributed by atoms with E-state index in [-0.39, 0.29) is 5.82 Å². The van der Waals surface area contributed by atoms with E-state index >= 15 is 0 Å². The molecule has 1 aromatic heterocycles. The molecule has 0 fully saturated rings. The molecule has 0 aliphatic carbocycles. The maximum Gasteiger partial charge on any atom is 0.140 e. The highest BCUT2D eigenvalue weighted by Gasteiger charge is 2.15.